The van der Waals surface area contributed by atoms with Crippen molar-refractivity contribution >= 4 is 11.8 Å². The van der Waals surface area contributed by atoms with E-state index in [4.69, 9.17) is 47.4 Å². The number of carbonyl (C=O) groups excluding carboxylic acids is 2. The topological polar surface area (TPSA) is 150 Å². The van der Waals surface area contributed by atoms with E-state index in [0.717, 1.165) is 84.7 Å². The van der Waals surface area contributed by atoms with Crippen LogP contribution in [0.25, 0.3) is 0 Å². The highest BCUT2D eigenvalue weighted by Gasteiger charge is 2.44. The molecule has 4 unspecified atom stereocenters. The lowest BCUT2D eigenvalue weighted by Gasteiger charge is -2.44. The fraction of sp³-hybridized carbons (Fsp3) is 0.651. The molecule has 2 aliphatic heterocycles. The minimum atomic E-state index is -0.455. The van der Waals surface area contributed by atoms with Crippen molar-refractivity contribution < 1.29 is 57.0 Å². The third-order valence-corrected chi connectivity index (χ3v) is 26.1. The lowest BCUT2D eigenvalue weighted by molar-refractivity contribution is -0.262. The summed E-state index contributed by atoms with van der Waals surface area (Å²) in [5, 5.41) is 6.80. The molecule has 2 saturated heterocycles. The van der Waals surface area contributed by atoms with Gasteiger partial charge in [0.25, 0.3) is 0 Å². The van der Waals surface area contributed by atoms with Crippen LogP contribution < -0.4 is 10.6 Å². The van der Waals surface area contributed by atoms with Gasteiger partial charge in [0.1, 0.15) is 12.2 Å². The predicted octanol–water partition coefficient (Wildman–Crippen LogP) is 26.8. The van der Waals surface area contributed by atoms with Gasteiger partial charge in [0.2, 0.25) is 11.8 Å². The number of benzene rings is 6. The maximum absolute atomic E-state index is 14.0. The van der Waals surface area contributed by atoms with Crippen LogP contribution in [-0.2, 0) is 96.6 Å². The fourth-order valence-electron chi connectivity index (χ4n) is 17.2. The van der Waals surface area contributed by atoms with Gasteiger partial charge in [-0.05, 0) is 76.3 Å². The molecule has 6 aromatic rings. The number of hydrogen-bond donors (Lipinski definition) is 2. The van der Waals surface area contributed by atoms with Crippen molar-refractivity contribution in [2.75, 3.05) is 26.4 Å². The Morgan fingerprint density at radius 2 is 0.561 bits per heavy atom. The van der Waals surface area contributed by atoms with Crippen LogP contribution in [0.1, 0.15) is 327 Å². The summed E-state index contributed by atoms with van der Waals surface area (Å²) in [5.74, 6) is 1.60. The Labute approximate surface area is 747 Å². The average Bonchev–Trinajstić information content (AvgIpc) is 0.815. The van der Waals surface area contributed by atoms with Crippen molar-refractivity contribution in [1.82, 2.24) is 10.6 Å². The molecule has 2 aliphatic rings. The van der Waals surface area contributed by atoms with Crippen molar-refractivity contribution in [1.29, 1.82) is 0 Å². The summed E-state index contributed by atoms with van der Waals surface area (Å²) in [6.07, 6.45) is 39.1. The monoisotopic (exact) mass is 1700 g/mol. The molecular weight excluding hydrogens is 1530 g/mol. The van der Waals surface area contributed by atoms with Crippen molar-refractivity contribution in [3.8, 4) is 0 Å². The van der Waals surface area contributed by atoms with E-state index in [1.54, 1.807) is 0 Å². The maximum atomic E-state index is 14.0. The second kappa shape index (κ2) is 65.4. The molecule has 0 aromatic heterocycles. The average molecular weight is 1700 g/mol. The van der Waals surface area contributed by atoms with Gasteiger partial charge >= 0.3 is 0 Å². The van der Waals surface area contributed by atoms with Crippen LogP contribution in [0.3, 0.4) is 0 Å². The first-order valence-corrected chi connectivity index (χ1v) is 49.3. The second-order valence-corrected chi connectivity index (χ2v) is 36.0. The van der Waals surface area contributed by atoms with Gasteiger partial charge in [0.15, 0.2) is 12.6 Å². The van der Waals surface area contributed by atoms with E-state index in [9.17, 15) is 9.59 Å². The Morgan fingerprint density at radius 3 is 0.854 bits per heavy atom. The minimum Gasteiger partial charge on any atom is -0.374 e. The molecule has 2 heterocycles. The quantitative estimate of drug-likeness (QED) is 0.0350. The minimum absolute atomic E-state index is 0.0409. The summed E-state index contributed by atoms with van der Waals surface area (Å²) < 4.78 is 67.2. The molecule has 14 nitrogen and oxygen atoms in total. The molecule has 0 radical (unpaired) electrons. The van der Waals surface area contributed by atoms with Gasteiger partial charge in [-0.15, -0.1) is 0 Å². The van der Waals surface area contributed by atoms with Gasteiger partial charge in [-0.1, -0.05) is 444 Å². The van der Waals surface area contributed by atoms with E-state index in [2.05, 4.69) is 170 Å². The largest absolute Gasteiger partial charge is 0.374 e. The smallest absolute Gasteiger partial charge is 0.220 e. The van der Waals surface area contributed by atoms with Crippen LogP contribution in [0.15, 0.2) is 182 Å². The number of rotatable bonds is 67. The first-order valence-electron chi connectivity index (χ1n) is 49.3. The molecule has 0 saturated carbocycles. The first-order chi connectivity index (χ1) is 60.3. The van der Waals surface area contributed by atoms with Gasteiger partial charge in [-0.2, -0.15) is 0 Å². The van der Waals surface area contributed by atoms with E-state index in [1.807, 2.05) is 91.9 Å². The highest BCUT2D eigenvalue weighted by molar-refractivity contribution is 5.76. The summed E-state index contributed by atoms with van der Waals surface area (Å²) in [6, 6.07) is 61.0. The van der Waals surface area contributed by atoms with Crippen molar-refractivity contribution in [3.05, 3.63) is 215 Å². The summed E-state index contributed by atoms with van der Waals surface area (Å²) in [6.45, 7) is 26.5. The number of carbonyl (C=O) groups is 2. The van der Waals surface area contributed by atoms with Crippen LogP contribution in [0.4, 0.5) is 0 Å². The third kappa shape index (κ3) is 43.0. The predicted molar refractivity (Wildman–Crippen MR) is 505 cm³/mol. The van der Waals surface area contributed by atoms with Gasteiger partial charge in [-0.25, -0.2) is 0 Å². The molecule has 2 N–H and O–H groups in total. The highest BCUT2D eigenvalue weighted by Crippen LogP contribution is 2.38. The molecule has 2 fully saturated rings. The SMILES string of the molecule is CCCCCCCCCCCCCC[C@@H](OCc1ccccc1)[C@@H](OCc1ccccc1)[C@H](CO[C@H]1OC(COCc2ccccc2)[C@H](C)[C@H](C)C1C)NC(=O)CC.CCCCCCCCCCCCCC[C@@H](OCc1ccccc1)[C@@H](OCc1ccccc1)[C@H](CO[C@H]1OC(COCc2ccccc2)[C@H](C)[C@H](C)C1C)NC(=O)CCCCCCCCC. The van der Waals surface area contributed by atoms with Crippen molar-refractivity contribution in [3.63, 3.8) is 0 Å². The molecule has 14 heteroatoms. The Balaban J connectivity index is 0.000000340. The number of nitrogens with one attached hydrogen (secondary N) is 2. The van der Waals surface area contributed by atoms with Crippen LogP contribution in [0.5, 0.6) is 0 Å². The Hall–Kier alpha value is -6.14. The summed E-state index contributed by atoms with van der Waals surface area (Å²) in [7, 11) is 0. The molecule has 686 valence electrons. The Kier molecular flexibility index (Phi) is 55.3. The van der Waals surface area contributed by atoms with Gasteiger partial charge in [-0.3, -0.25) is 9.59 Å². The van der Waals surface area contributed by atoms with E-state index in [1.165, 1.54) is 161 Å². The molecule has 0 aliphatic carbocycles. The number of amides is 2. The van der Waals surface area contributed by atoms with Crippen LogP contribution >= 0.6 is 0 Å². The van der Waals surface area contributed by atoms with Crippen LogP contribution in [0, 0.1) is 35.5 Å². The van der Waals surface area contributed by atoms with Crippen molar-refractivity contribution in [2.45, 2.75) is 395 Å². The lowest BCUT2D eigenvalue weighted by Crippen LogP contribution is -2.54. The normalized spacial score (nSPS) is 20.5. The molecule has 2 amide bonds. The molecule has 8 rings (SSSR count). The van der Waals surface area contributed by atoms with Crippen LogP contribution in [0.2, 0.25) is 0 Å². The molecule has 0 spiro atoms. The maximum Gasteiger partial charge on any atom is 0.220 e. The van der Waals surface area contributed by atoms with Gasteiger partial charge < -0.3 is 58.0 Å². The van der Waals surface area contributed by atoms with Gasteiger partial charge in [0, 0.05) is 24.7 Å². The van der Waals surface area contributed by atoms with E-state index in [-0.39, 0.29) is 61.3 Å². The summed E-state index contributed by atoms with van der Waals surface area (Å²) >= 11 is 0. The first kappa shape index (κ1) is 104. The Bertz CT molecular complexity index is 3490. The molecular formula is C109H168N2O12. The third-order valence-electron chi connectivity index (χ3n) is 26.1. The number of hydrogen-bond acceptors (Lipinski definition) is 12. The lowest BCUT2D eigenvalue weighted by atomic mass is 9.79. The number of unbranched alkanes of at least 4 members (excludes halogenated alkanes) is 28. The molecule has 123 heavy (non-hydrogen) atoms. The summed E-state index contributed by atoms with van der Waals surface area (Å²) in [4.78, 5) is 27.3. The van der Waals surface area contributed by atoms with E-state index in [0.29, 0.717) is 89.4 Å². The van der Waals surface area contributed by atoms with Crippen LogP contribution in [-0.4, -0.2) is 99.5 Å². The van der Waals surface area contributed by atoms with Gasteiger partial charge in [0.05, 0.1) is 103 Å². The standard InChI is InChI=1S/C58H91NO6.C51H77NO6/c1-6-8-10-12-14-15-16-17-18-20-21-32-40-54(62-43-51-36-28-24-29-37-51)57(63-44-52-38-30-25-31-39-52)53(59-56(60)41-33-22-19-13-11-9-7-2)45-64-58-49(5)47(3)48(4)55(65-58)46-61-42-50-34-26-23-27-35-50;1-6-8-9-10-11-12-13-14-15-16-17-27-34-47(55-36-44-30-23-19-24-31-44)50(56-37-45-32-25-20-26-33-45)46(52-49(53)7-2)38-57-51-42(5)40(3)41(4)48(58-51)39-54-35-43-28-21-18-22-29-43/h23-31,34-39,47-49,53-55,57-58H,6-22,32-33,40-46H2,1-5H3,(H,59,60);18-26,28-33,40-42,46-48,50-51H,6-17,27,34-39H2,1-5H3,(H,52,53)/t47-,48+,49?,53-,54+,55?,57-,58-;40-,41+,42?,46-,47+,48?,50-,51-/m00/s1. The summed E-state index contributed by atoms with van der Waals surface area (Å²) in [5.41, 5.74) is 6.69. The zero-order chi connectivity index (χ0) is 87.4. The fourth-order valence-corrected chi connectivity index (χ4v) is 17.2. The Morgan fingerprint density at radius 1 is 0.301 bits per heavy atom. The zero-order valence-corrected chi connectivity index (χ0v) is 78.3. The highest BCUT2D eigenvalue weighted by atomic mass is 16.7. The molecule has 16 atom stereocenters. The number of ether oxygens (including phenoxy) is 10. The zero-order valence-electron chi connectivity index (χ0n) is 78.3. The molecule has 6 aromatic carbocycles. The van der Waals surface area contributed by atoms with Crippen molar-refractivity contribution in [2.24, 2.45) is 35.5 Å². The molecule has 0 bridgehead atoms. The van der Waals surface area contributed by atoms with E-state index < -0.39 is 36.9 Å². The second-order valence-electron chi connectivity index (χ2n) is 36.0. The van der Waals surface area contributed by atoms with E-state index >= 15 is 0 Å².